The van der Waals surface area contributed by atoms with E-state index in [1.165, 1.54) is 12.1 Å². The Bertz CT molecular complexity index is 210. The van der Waals surface area contributed by atoms with Gasteiger partial charge in [0.25, 0.3) is 0 Å². The Morgan fingerprint density at radius 1 is 1.00 bits per heavy atom. The summed E-state index contributed by atoms with van der Waals surface area (Å²) >= 11 is 2.00. The fourth-order valence-corrected chi connectivity index (χ4v) is 3.59. The van der Waals surface area contributed by atoms with Gasteiger partial charge in [0.15, 0.2) is 0 Å². The molecule has 0 aliphatic heterocycles. The van der Waals surface area contributed by atoms with Gasteiger partial charge in [-0.05, 0) is 40.5 Å². The van der Waals surface area contributed by atoms with E-state index in [9.17, 15) is 0 Å². The molecule has 0 aliphatic rings. The molecule has 0 saturated heterocycles. The van der Waals surface area contributed by atoms with Crippen molar-refractivity contribution in [2.45, 2.75) is 65.5 Å². The lowest BCUT2D eigenvalue weighted by atomic mass is 10.0. The largest absolute Gasteiger partial charge is 0.226 e. The zero-order chi connectivity index (χ0) is 13.0. The van der Waals surface area contributed by atoms with Gasteiger partial charge in [-0.25, -0.2) is 0 Å². The van der Waals surface area contributed by atoms with Gasteiger partial charge < -0.3 is 0 Å². The minimum absolute atomic E-state index is 0.142. The molecule has 0 unspecified atom stereocenters. The molecule has 0 saturated carbocycles. The van der Waals surface area contributed by atoms with Gasteiger partial charge in [-0.15, -0.1) is 4.31 Å². The molecule has 0 N–H and O–H groups in total. The average molecular weight is 287 g/mol. The first-order valence-corrected chi connectivity index (χ1v) is 8.34. The van der Waals surface area contributed by atoms with Crippen LogP contribution in [0.5, 0.6) is 0 Å². The maximum absolute atomic E-state index is 6.03. The van der Waals surface area contributed by atoms with Crippen LogP contribution in [0.15, 0.2) is 0 Å². The molecule has 0 aromatic rings. The minimum atomic E-state index is 0.142. The zero-order valence-corrected chi connectivity index (χ0v) is 14.1. The minimum Gasteiger partial charge on any atom is -0.103 e. The zero-order valence-electron chi connectivity index (χ0n) is 11.6. The topological polar surface area (TPSA) is 6.48 Å². The molecular formula is C11H27ClN2S2+2. The Morgan fingerprint density at radius 2 is 1.44 bits per heavy atom. The van der Waals surface area contributed by atoms with E-state index in [1.54, 1.807) is 0 Å². The molecule has 2 nitrogen and oxygen atoms in total. The highest BCUT2D eigenvalue weighted by atomic mass is 35.7. The van der Waals surface area contributed by atoms with Crippen LogP contribution in [0.25, 0.3) is 0 Å². The summed E-state index contributed by atoms with van der Waals surface area (Å²) < 4.78 is 4.62. The molecule has 0 aromatic heterocycles. The average Bonchev–Trinajstić information content (AvgIpc) is 2.24. The van der Waals surface area contributed by atoms with E-state index in [2.05, 4.69) is 56.6 Å². The summed E-state index contributed by atoms with van der Waals surface area (Å²) in [4.78, 5) is 0. The maximum Gasteiger partial charge on any atom is 0.226 e. The van der Waals surface area contributed by atoms with Gasteiger partial charge in [0.2, 0.25) is 34.0 Å². The van der Waals surface area contributed by atoms with Crippen molar-refractivity contribution < 1.29 is 0 Å². The molecule has 0 bridgehead atoms. The lowest BCUT2D eigenvalue weighted by molar-refractivity contribution is 0.261. The molecule has 0 spiro atoms. The number of halogens is 1. The van der Waals surface area contributed by atoms with Crippen molar-refractivity contribution in [1.29, 1.82) is 0 Å². The highest BCUT2D eigenvalue weighted by Crippen LogP contribution is 2.25. The van der Waals surface area contributed by atoms with Crippen molar-refractivity contribution in [2.75, 3.05) is 7.05 Å². The van der Waals surface area contributed by atoms with E-state index in [-0.39, 0.29) is 11.1 Å². The predicted molar refractivity (Wildman–Crippen MR) is 81.7 cm³/mol. The Kier molecular flexibility index (Phi) is 7.12. The quantitative estimate of drug-likeness (QED) is 0.524. The van der Waals surface area contributed by atoms with Gasteiger partial charge in [0.05, 0.1) is 9.25 Å². The number of hydrogen-bond donors (Lipinski definition) is 0. The lowest BCUT2D eigenvalue weighted by Gasteiger charge is -2.30. The number of nitrogens with zero attached hydrogens (tertiary/aromatic N) is 2. The van der Waals surface area contributed by atoms with E-state index in [0.717, 1.165) is 24.0 Å². The van der Waals surface area contributed by atoms with Crippen LogP contribution in [-0.4, -0.2) is 26.1 Å². The molecular weight excluding hydrogens is 260 g/mol. The normalized spacial score (nSPS) is 13.9. The fraction of sp³-hybridized carbons (Fsp3) is 1.00. The van der Waals surface area contributed by atoms with Crippen LogP contribution in [0.2, 0.25) is 0 Å². The van der Waals surface area contributed by atoms with E-state index in [4.69, 9.17) is 10.7 Å². The van der Waals surface area contributed by atoms with Crippen LogP contribution in [-0.2, 0) is 23.3 Å². The summed E-state index contributed by atoms with van der Waals surface area (Å²) in [7, 11) is 8.19. The fourth-order valence-electron chi connectivity index (χ4n) is 0.857. The van der Waals surface area contributed by atoms with Crippen molar-refractivity contribution in [3.8, 4) is 0 Å². The maximum atomic E-state index is 6.03. The van der Waals surface area contributed by atoms with Crippen molar-refractivity contribution in [2.24, 2.45) is 0 Å². The Balaban J connectivity index is 4.56. The van der Waals surface area contributed by atoms with E-state index < -0.39 is 0 Å². The van der Waals surface area contributed by atoms with Gasteiger partial charge in [-0.3, -0.25) is 0 Å². The van der Waals surface area contributed by atoms with Crippen molar-refractivity contribution in [1.82, 2.24) is 8.02 Å². The molecule has 0 heterocycles. The first kappa shape index (κ1) is 16.9. The van der Waals surface area contributed by atoms with Gasteiger partial charge >= 0.3 is 0 Å². The van der Waals surface area contributed by atoms with Gasteiger partial charge in [0, 0.05) is 7.05 Å². The molecule has 0 aromatic carbocycles. The summed E-state index contributed by atoms with van der Waals surface area (Å²) in [6, 6.07) is 0. The summed E-state index contributed by atoms with van der Waals surface area (Å²) in [6.45, 7) is 13.4. The molecule has 0 radical (unpaired) electrons. The molecule has 0 amide bonds. The third-order valence-corrected chi connectivity index (χ3v) is 6.92. The molecule has 98 valence electrons. The van der Waals surface area contributed by atoms with E-state index in [1.807, 2.05) is 0 Å². The van der Waals surface area contributed by atoms with Gasteiger partial charge in [-0.1, -0.05) is 13.8 Å². The summed E-state index contributed by atoms with van der Waals surface area (Å²) in [5.74, 6) is 0. The monoisotopic (exact) mass is 286 g/mol. The molecule has 5 heteroatoms. The SMILES string of the molecule is CCC(C)(C)N(C)[SH+]N([SH+]Cl)C(C)(C)CC. The lowest BCUT2D eigenvalue weighted by Crippen LogP contribution is -2.49. The van der Waals surface area contributed by atoms with Crippen LogP contribution in [0.4, 0.5) is 0 Å². The second-order valence-corrected chi connectivity index (χ2v) is 7.81. The highest BCUT2D eigenvalue weighted by Gasteiger charge is 2.42. The Hall–Kier alpha value is 0.910. The molecule has 0 rings (SSSR count). The molecule has 0 fully saturated rings. The summed E-state index contributed by atoms with van der Waals surface area (Å²) in [6.07, 6.45) is 2.23. The van der Waals surface area contributed by atoms with Crippen LogP contribution in [0.1, 0.15) is 54.4 Å². The first-order valence-electron chi connectivity index (χ1n) is 5.78. The number of rotatable bonds is 7. The van der Waals surface area contributed by atoms with Crippen LogP contribution in [0, 0.1) is 0 Å². The van der Waals surface area contributed by atoms with E-state index >= 15 is 0 Å². The van der Waals surface area contributed by atoms with Crippen LogP contribution in [0.3, 0.4) is 0 Å². The third kappa shape index (κ3) is 4.65. The predicted octanol–water partition coefficient (Wildman–Crippen LogP) is 3.13. The standard InChI is InChI=1S/C11H25ClN2S2/c1-8-10(3,4)13(7)16-14(15-12)11(5,6)9-2/h8-9H2,1-7H3/p+2. The molecule has 0 atom stereocenters. The summed E-state index contributed by atoms with van der Waals surface area (Å²) in [5.41, 5.74) is 0.355. The van der Waals surface area contributed by atoms with E-state index in [0.29, 0.717) is 0 Å². The highest BCUT2D eigenvalue weighted by molar-refractivity contribution is 8.06. The van der Waals surface area contributed by atoms with Gasteiger partial charge in [0.1, 0.15) is 5.54 Å². The van der Waals surface area contributed by atoms with Crippen molar-refractivity contribution in [3.63, 3.8) is 0 Å². The first-order chi connectivity index (χ1) is 7.21. The van der Waals surface area contributed by atoms with Crippen molar-refractivity contribution >= 4 is 34.0 Å². The molecule has 16 heavy (non-hydrogen) atoms. The third-order valence-electron chi connectivity index (χ3n) is 3.44. The Morgan fingerprint density at radius 3 is 1.75 bits per heavy atom. The van der Waals surface area contributed by atoms with Crippen LogP contribution < -0.4 is 0 Å². The van der Waals surface area contributed by atoms with Crippen molar-refractivity contribution in [3.05, 3.63) is 0 Å². The van der Waals surface area contributed by atoms with Crippen LogP contribution >= 0.6 is 10.7 Å². The number of thiol groups is 2. The van der Waals surface area contributed by atoms with Gasteiger partial charge in [-0.2, -0.15) is 0 Å². The Labute approximate surface area is 114 Å². The summed E-state index contributed by atoms with van der Waals surface area (Å²) in [5, 5.41) is 0. The number of hydrogen-bond acceptors (Lipinski definition) is 2. The second kappa shape index (κ2) is 6.74. The molecule has 0 aliphatic carbocycles. The second-order valence-electron chi connectivity index (χ2n) is 5.31. The smallest absolute Gasteiger partial charge is 0.103 e.